The number of hydrogen-bond acceptors (Lipinski definition) is 2. The van der Waals surface area contributed by atoms with Crippen LogP contribution in [0.2, 0.25) is 5.02 Å². The number of halogens is 1. The summed E-state index contributed by atoms with van der Waals surface area (Å²) in [5.74, 6) is 0. The molecule has 1 aliphatic rings. The minimum atomic E-state index is -0.530. The molecule has 1 atom stereocenters. The van der Waals surface area contributed by atoms with Gasteiger partial charge in [0, 0.05) is 22.7 Å². The normalized spacial score (nSPS) is 20.6. The molecule has 2 N–H and O–H groups in total. The first kappa shape index (κ1) is 13.9. The lowest BCUT2D eigenvalue weighted by Crippen LogP contribution is -2.45. The largest absolute Gasteiger partial charge is 0.387 e. The number of rotatable bonds is 4. The first-order chi connectivity index (χ1) is 8.61. The van der Waals surface area contributed by atoms with Crippen LogP contribution in [0.1, 0.15) is 50.7 Å². The Labute approximate surface area is 114 Å². The van der Waals surface area contributed by atoms with Crippen LogP contribution in [-0.2, 0) is 0 Å². The van der Waals surface area contributed by atoms with Crippen molar-refractivity contribution in [1.29, 1.82) is 0 Å². The highest BCUT2D eigenvalue weighted by molar-refractivity contribution is 6.31. The molecule has 1 saturated carbocycles. The topological polar surface area (TPSA) is 32.3 Å². The van der Waals surface area contributed by atoms with E-state index in [1.54, 1.807) is 0 Å². The van der Waals surface area contributed by atoms with E-state index >= 15 is 0 Å². The summed E-state index contributed by atoms with van der Waals surface area (Å²) in [6, 6.07) is 7.50. The molecule has 0 heterocycles. The zero-order valence-electron chi connectivity index (χ0n) is 11.0. The van der Waals surface area contributed by atoms with E-state index in [1.165, 1.54) is 32.1 Å². The maximum Gasteiger partial charge on any atom is 0.0928 e. The number of nitrogens with one attached hydrogen (secondary N) is 1. The Morgan fingerprint density at radius 2 is 1.94 bits per heavy atom. The summed E-state index contributed by atoms with van der Waals surface area (Å²) in [5.41, 5.74) is 0.992. The Hall–Kier alpha value is -0.570. The average Bonchev–Trinajstić information content (AvgIpc) is 2.38. The molecule has 1 aliphatic carbocycles. The molecule has 0 aliphatic heterocycles. The Bertz CT molecular complexity index is 388. The first-order valence-corrected chi connectivity index (χ1v) is 7.16. The van der Waals surface area contributed by atoms with Crippen molar-refractivity contribution < 1.29 is 5.11 Å². The third-order valence-corrected chi connectivity index (χ3v) is 4.29. The van der Waals surface area contributed by atoms with Crippen LogP contribution >= 0.6 is 11.6 Å². The molecule has 1 fully saturated rings. The predicted octanol–water partition coefficient (Wildman–Crippen LogP) is 3.69. The van der Waals surface area contributed by atoms with Crippen LogP contribution in [-0.4, -0.2) is 17.2 Å². The van der Waals surface area contributed by atoms with Crippen LogP contribution in [0.3, 0.4) is 0 Å². The fourth-order valence-electron chi connectivity index (χ4n) is 2.71. The van der Waals surface area contributed by atoms with E-state index in [0.717, 1.165) is 5.56 Å². The van der Waals surface area contributed by atoms with Crippen LogP contribution < -0.4 is 5.32 Å². The molecule has 2 nitrogen and oxygen atoms in total. The molecule has 3 heteroatoms. The zero-order chi connectivity index (χ0) is 13.0. The van der Waals surface area contributed by atoms with Gasteiger partial charge in [0.1, 0.15) is 0 Å². The standard InChI is InChI=1S/C15H22ClNO/c1-15(9-5-2-6-10-15)17-11-14(18)12-7-3-4-8-13(12)16/h3-4,7-8,14,17-18H,2,5-6,9-11H2,1H3. The summed E-state index contributed by atoms with van der Waals surface area (Å²) < 4.78 is 0. The van der Waals surface area contributed by atoms with Crippen LogP contribution in [0.5, 0.6) is 0 Å². The van der Waals surface area contributed by atoms with Gasteiger partial charge >= 0.3 is 0 Å². The van der Waals surface area contributed by atoms with E-state index in [-0.39, 0.29) is 5.54 Å². The maximum absolute atomic E-state index is 10.2. The quantitative estimate of drug-likeness (QED) is 0.872. The summed E-state index contributed by atoms with van der Waals surface area (Å²) in [6.07, 6.45) is 5.77. The van der Waals surface area contributed by atoms with Crippen molar-refractivity contribution in [2.75, 3.05) is 6.54 Å². The highest BCUT2D eigenvalue weighted by Gasteiger charge is 2.26. The summed E-state index contributed by atoms with van der Waals surface area (Å²) in [6.45, 7) is 2.83. The third-order valence-electron chi connectivity index (χ3n) is 3.94. The van der Waals surface area contributed by atoms with Crippen molar-refractivity contribution in [3.63, 3.8) is 0 Å². The van der Waals surface area contributed by atoms with Crippen molar-refractivity contribution >= 4 is 11.6 Å². The predicted molar refractivity (Wildman–Crippen MR) is 75.9 cm³/mol. The van der Waals surface area contributed by atoms with E-state index in [0.29, 0.717) is 11.6 Å². The van der Waals surface area contributed by atoms with Gasteiger partial charge in [0.2, 0.25) is 0 Å². The van der Waals surface area contributed by atoms with Gasteiger partial charge in [-0.05, 0) is 25.8 Å². The van der Waals surface area contributed by atoms with Crippen LogP contribution in [0.4, 0.5) is 0 Å². The lowest BCUT2D eigenvalue weighted by atomic mass is 9.83. The number of aliphatic hydroxyl groups excluding tert-OH is 1. The van der Waals surface area contributed by atoms with Crippen molar-refractivity contribution in [3.8, 4) is 0 Å². The first-order valence-electron chi connectivity index (χ1n) is 6.78. The minimum Gasteiger partial charge on any atom is -0.387 e. The molecule has 0 bridgehead atoms. The van der Waals surface area contributed by atoms with Gasteiger partial charge in [-0.1, -0.05) is 49.1 Å². The van der Waals surface area contributed by atoms with Crippen molar-refractivity contribution in [2.24, 2.45) is 0 Å². The van der Waals surface area contributed by atoms with Gasteiger partial charge in [0.25, 0.3) is 0 Å². The number of aliphatic hydroxyl groups is 1. The molecule has 2 rings (SSSR count). The van der Waals surface area contributed by atoms with Gasteiger partial charge in [-0.25, -0.2) is 0 Å². The van der Waals surface area contributed by atoms with Gasteiger partial charge in [-0.2, -0.15) is 0 Å². The summed E-state index contributed by atoms with van der Waals surface area (Å²) in [7, 11) is 0. The molecule has 0 amide bonds. The second kappa shape index (κ2) is 6.05. The van der Waals surface area contributed by atoms with Gasteiger partial charge < -0.3 is 10.4 Å². The Morgan fingerprint density at radius 3 is 2.61 bits per heavy atom. The average molecular weight is 268 g/mol. The summed E-state index contributed by atoms with van der Waals surface area (Å²) in [4.78, 5) is 0. The Kier molecular flexibility index (Phi) is 4.66. The number of hydrogen-bond donors (Lipinski definition) is 2. The van der Waals surface area contributed by atoms with Crippen LogP contribution in [0, 0.1) is 0 Å². The molecule has 1 aromatic carbocycles. The molecule has 0 radical (unpaired) electrons. The van der Waals surface area contributed by atoms with Crippen molar-refractivity contribution in [1.82, 2.24) is 5.32 Å². The second-order valence-corrected chi connectivity index (χ2v) is 5.95. The molecule has 0 saturated heterocycles. The second-order valence-electron chi connectivity index (χ2n) is 5.54. The molecule has 1 aromatic rings. The molecule has 100 valence electrons. The zero-order valence-corrected chi connectivity index (χ0v) is 11.7. The fraction of sp³-hybridized carbons (Fsp3) is 0.600. The van der Waals surface area contributed by atoms with Gasteiger partial charge in [-0.15, -0.1) is 0 Å². The SMILES string of the molecule is CC1(NCC(O)c2ccccc2Cl)CCCCC1. The van der Waals surface area contributed by atoms with E-state index in [2.05, 4.69) is 12.2 Å². The van der Waals surface area contributed by atoms with E-state index in [4.69, 9.17) is 11.6 Å². The Morgan fingerprint density at radius 1 is 1.28 bits per heavy atom. The van der Waals surface area contributed by atoms with E-state index < -0.39 is 6.10 Å². The van der Waals surface area contributed by atoms with Crippen LogP contribution in [0.15, 0.2) is 24.3 Å². The smallest absolute Gasteiger partial charge is 0.0928 e. The monoisotopic (exact) mass is 267 g/mol. The van der Waals surface area contributed by atoms with Crippen molar-refractivity contribution in [2.45, 2.75) is 50.7 Å². The van der Waals surface area contributed by atoms with Crippen LogP contribution in [0.25, 0.3) is 0 Å². The maximum atomic E-state index is 10.2. The number of β-amino-alcohol motifs (C(OH)–C–C–N with tert-alkyl or cyclic N) is 1. The minimum absolute atomic E-state index is 0.181. The molecule has 0 aromatic heterocycles. The lowest BCUT2D eigenvalue weighted by Gasteiger charge is -2.35. The molecular weight excluding hydrogens is 246 g/mol. The highest BCUT2D eigenvalue weighted by atomic mass is 35.5. The van der Waals surface area contributed by atoms with Gasteiger partial charge in [0.15, 0.2) is 0 Å². The summed E-state index contributed by atoms with van der Waals surface area (Å²) >= 11 is 6.09. The molecule has 1 unspecified atom stereocenters. The van der Waals surface area contributed by atoms with E-state index in [9.17, 15) is 5.11 Å². The fourth-order valence-corrected chi connectivity index (χ4v) is 2.97. The molecule has 18 heavy (non-hydrogen) atoms. The van der Waals surface area contributed by atoms with Crippen molar-refractivity contribution in [3.05, 3.63) is 34.9 Å². The molecule has 0 spiro atoms. The lowest BCUT2D eigenvalue weighted by molar-refractivity contribution is 0.146. The highest BCUT2D eigenvalue weighted by Crippen LogP contribution is 2.28. The van der Waals surface area contributed by atoms with Gasteiger partial charge in [-0.3, -0.25) is 0 Å². The summed E-state index contributed by atoms with van der Waals surface area (Å²) in [5, 5.41) is 14.4. The van der Waals surface area contributed by atoms with Gasteiger partial charge in [0.05, 0.1) is 6.10 Å². The number of benzene rings is 1. The third kappa shape index (κ3) is 3.47. The molecular formula is C15H22ClNO. The Balaban J connectivity index is 1.92. The van der Waals surface area contributed by atoms with E-state index in [1.807, 2.05) is 24.3 Å².